The molecule has 0 aromatic rings. The molecule has 25 heavy (non-hydrogen) atoms. The molecule has 0 unspecified atom stereocenters. The van der Waals surface area contributed by atoms with Crippen molar-refractivity contribution >= 4 is 16.8 Å². The molecule has 0 aliphatic heterocycles. The summed E-state index contributed by atoms with van der Waals surface area (Å²) >= 11 is 5.32. The Bertz CT molecular complexity index is 393. The molecule has 0 spiro atoms. The fourth-order valence-corrected chi connectivity index (χ4v) is 2.90. The number of carbonyl (C=O) groups excluding carboxylic acids is 1. The third kappa shape index (κ3) is 21.1. The second-order valence-corrected chi connectivity index (χ2v) is 7.34. The van der Waals surface area contributed by atoms with Gasteiger partial charge in [0.05, 0.1) is 0 Å². The number of hydrogen-bond acceptors (Lipinski definition) is 1. The minimum atomic E-state index is -0.190. The van der Waals surface area contributed by atoms with E-state index in [4.69, 9.17) is 11.6 Å². The van der Waals surface area contributed by atoms with E-state index in [0.29, 0.717) is 6.42 Å². The van der Waals surface area contributed by atoms with E-state index in [2.05, 4.69) is 44.2 Å². The zero-order valence-corrected chi connectivity index (χ0v) is 17.3. The zero-order valence-electron chi connectivity index (χ0n) is 16.6. The maximum absolute atomic E-state index is 10.6. The number of rotatable bonds is 17. The lowest BCUT2D eigenvalue weighted by Gasteiger charge is -2.01. The van der Waals surface area contributed by atoms with Crippen LogP contribution in [0.5, 0.6) is 0 Å². The van der Waals surface area contributed by atoms with Crippen LogP contribution in [0.3, 0.4) is 0 Å². The molecular weight excluding hydrogens is 328 g/mol. The molecule has 0 aliphatic rings. The van der Waals surface area contributed by atoms with Gasteiger partial charge >= 0.3 is 0 Å². The molecule has 0 bridgehead atoms. The molecule has 0 N–H and O–H groups in total. The zero-order chi connectivity index (χ0) is 18.6. The highest BCUT2D eigenvalue weighted by molar-refractivity contribution is 6.63. The van der Waals surface area contributed by atoms with Gasteiger partial charge in [-0.3, -0.25) is 4.79 Å². The van der Waals surface area contributed by atoms with Gasteiger partial charge in [0.15, 0.2) is 0 Å². The van der Waals surface area contributed by atoms with Crippen molar-refractivity contribution < 1.29 is 4.79 Å². The van der Waals surface area contributed by atoms with Gasteiger partial charge in [0.2, 0.25) is 5.24 Å². The van der Waals surface area contributed by atoms with E-state index in [9.17, 15) is 4.79 Å². The van der Waals surface area contributed by atoms with Crippen LogP contribution in [-0.2, 0) is 4.79 Å². The van der Waals surface area contributed by atoms with E-state index < -0.39 is 0 Å². The highest BCUT2D eigenvalue weighted by Gasteiger charge is 1.96. The lowest BCUT2D eigenvalue weighted by molar-refractivity contribution is -0.111. The lowest BCUT2D eigenvalue weighted by atomic mass is 10.1. The van der Waals surface area contributed by atoms with Gasteiger partial charge in [0.1, 0.15) is 0 Å². The summed E-state index contributed by atoms with van der Waals surface area (Å²) in [6, 6.07) is 0. The molecule has 144 valence electrons. The Labute approximate surface area is 161 Å². The molecule has 0 heterocycles. The Morgan fingerprint density at radius 1 is 0.800 bits per heavy atom. The minimum absolute atomic E-state index is 0.190. The van der Waals surface area contributed by atoms with Crippen LogP contribution in [0.4, 0.5) is 0 Å². The van der Waals surface area contributed by atoms with Gasteiger partial charge in [-0.05, 0) is 57.0 Å². The third-order valence-electron chi connectivity index (χ3n) is 4.36. The SMILES string of the molecule is CC/C=C\C/C=C(/C)C/C=C\CCCCCCCCCCCC(=O)Cl. The molecular formula is C23H39ClO. The van der Waals surface area contributed by atoms with Crippen LogP contribution in [0.15, 0.2) is 36.0 Å². The summed E-state index contributed by atoms with van der Waals surface area (Å²) in [6.07, 6.45) is 27.9. The van der Waals surface area contributed by atoms with Crippen LogP contribution in [0.25, 0.3) is 0 Å². The van der Waals surface area contributed by atoms with E-state index in [0.717, 1.165) is 32.1 Å². The maximum Gasteiger partial charge on any atom is 0.221 e. The van der Waals surface area contributed by atoms with E-state index in [1.165, 1.54) is 56.9 Å². The Morgan fingerprint density at radius 3 is 2.00 bits per heavy atom. The molecule has 0 aliphatic carbocycles. The minimum Gasteiger partial charge on any atom is -0.281 e. The molecule has 0 aromatic heterocycles. The van der Waals surface area contributed by atoms with Crippen LogP contribution >= 0.6 is 11.6 Å². The van der Waals surface area contributed by atoms with Crippen molar-refractivity contribution in [3.63, 3.8) is 0 Å². The van der Waals surface area contributed by atoms with Gasteiger partial charge in [-0.25, -0.2) is 0 Å². The molecule has 0 radical (unpaired) electrons. The van der Waals surface area contributed by atoms with E-state index in [1.54, 1.807) is 0 Å². The number of allylic oxidation sites excluding steroid dienone is 6. The quantitative estimate of drug-likeness (QED) is 0.144. The molecule has 0 atom stereocenters. The Morgan fingerprint density at radius 2 is 1.40 bits per heavy atom. The van der Waals surface area contributed by atoms with E-state index in [-0.39, 0.29) is 5.24 Å². The Balaban J connectivity index is 3.32. The van der Waals surface area contributed by atoms with Crippen molar-refractivity contribution in [3.05, 3.63) is 36.0 Å². The summed E-state index contributed by atoms with van der Waals surface area (Å²) in [5, 5.41) is -0.190. The van der Waals surface area contributed by atoms with E-state index in [1.807, 2.05) is 0 Å². The third-order valence-corrected chi connectivity index (χ3v) is 4.54. The van der Waals surface area contributed by atoms with Crippen molar-refractivity contribution in [2.75, 3.05) is 0 Å². The van der Waals surface area contributed by atoms with Crippen LogP contribution in [0.1, 0.15) is 104 Å². The number of halogens is 1. The monoisotopic (exact) mass is 366 g/mol. The van der Waals surface area contributed by atoms with Crippen molar-refractivity contribution in [2.24, 2.45) is 0 Å². The number of hydrogen-bond donors (Lipinski definition) is 0. The van der Waals surface area contributed by atoms with Gasteiger partial charge in [-0.1, -0.05) is 87.8 Å². The average Bonchev–Trinajstić information content (AvgIpc) is 2.58. The summed E-state index contributed by atoms with van der Waals surface area (Å²) in [7, 11) is 0. The first-order valence-corrected chi connectivity index (χ1v) is 10.7. The van der Waals surface area contributed by atoms with Crippen LogP contribution in [-0.4, -0.2) is 5.24 Å². The van der Waals surface area contributed by atoms with Crippen LogP contribution < -0.4 is 0 Å². The second-order valence-electron chi connectivity index (χ2n) is 6.92. The van der Waals surface area contributed by atoms with Gasteiger partial charge in [-0.2, -0.15) is 0 Å². The topological polar surface area (TPSA) is 17.1 Å². The predicted octanol–water partition coefficient (Wildman–Crippen LogP) is 8.29. The summed E-state index contributed by atoms with van der Waals surface area (Å²) in [5.41, 5.74) is 1.47. The Hall–Kier alpha value is -0.820. The first kappa shape index (κ1) is 24.2. The fourth-order valence-electron chi connectivity index (χ4n) is 2.77. The smallest absolute Gasteiger partial charge is 0.221 e. The standard InChI is InChI=1S/C23H39ClO/c1-3-4-5-16-19-22(2)20-17-14-12-10-8-6-7-9-11-13-15-18-21-23(24)25/h4-5,14,17,19H,3,6-13,15-16,18,20-21H2,1-2H3/b5-4-,17-14-,22-19-. The number of unbranched alkanes of at least 4 members (excludes halogenated alkanes) is 9. The molecule has 0 fully saturated rings. The summed E-state index contributed by atoms with van der Waals surface area (Å²) in [6.45, 7) is 4.39. The molecule has 0 saturated heterocycles. The Kier molecular flexibility index (Phi) is 18.9. The lowest BCUT2D eigenvalue weighted by Crippen LogP contribution is -1.86. The second kappa shape index (κ2) is 19.5. The van der Waals surface area contributed by atoms with Crippen molar-refractivity contribution in [1.29, 1.82) is 0 Å². The highest BCUT2D eigenvalue weighted by atomic mass is 35.5. The van der Waals surface area contributed by atoms with Crippen molar-refractivity contribution in [3.8, 4) is 0 Å². The largest absolute Gasteiger partial charge is 0.281 e. The van der Waals surface area contributed by atoms with Crippen LogP contribution in [0, 0.1) is 0 Å². The fraction of sp³-hybridized carbons (Fsp3) is 0.696. The molecule has 2 heteroatoms. The molecule has 0 saturated carbocycles. The van der Waals surface area contributed by atoms with Crippen molar-refractivity contribution in [1.82, 2.24) is 0 Å². The predicted molar refractivity (Wildman–Crippen MR) is 113 cm³/mol. The first-order chi connectivity index (χ1) is 12.2. The normalized spacial score (nSPS) is 12.5. The van der Waals surface area contributed by atoms with Gasteiger partial charge in [0.25, 0.3) is 0 Å². The molecule has 0 rings (SSSR count). The summed E-state index contributed by atoms with van der Waals surface area (Å²) in [5.74, 6) is 0. The molecule has 0 amide bonds. The highest BCUT2D eigenvalue weighted by Crippen LogP contribution is 2.12. The van der Waals surface area contributed by atoms with Gasteiger partial charge in [0, 0.05) is 6.42 Å². The van der Waals surface area contributed by atoms with Gasteiger partial charge < -0.3 is 0 Å². The van der Waals surface area contributed by atoms with Gasteiger partial charge in [-0.15, -0.1) is 0 Å². The van der Waals surface area contributed by atoms with Crippen molar-refractivity contribution in [2.45, 2.75) is 104 Å². The average molecular weight is 367 g/mol. The van der Waals surface area contributed by atoms with E-state index >= 15 is 0 Å². The molecule has 0 aromatic carbocycles. The summed E-state index contributed by atoms with van der Waals surface area (Å²) < 4.78 is 0. The summed E-state index contributed by atoms with van der Waals surface area (Å²) in [4.78, 5) is 10.6. The number of carbonyl (C=O) groups is 1. The van der Waals surface area contributed by atoms with Crippen LogP contribution in [0.2, 0.25) is 0 Å². The maximum atomic E-state index is 10.6. The first-order valence-electron chi connectivity index (χ1n) is 10.3. The molecule has 1 nitrogen and oxygen atoms in total.